The number of aromatic nitrogens is 2. The maximum atomic E-state index is 4.22. The topological polar surface area (TPSA) is 37.8 Å². The van der Waals surface area contributed by atoms with Gasteiger partial charge < -0.3 is 5.32 Å². The molecule has 0 aliphatic carbocycles. The Balaban J connectivity index is 2.26. The smallest absolute Gasteiger partial charge is 0.144 e. The Morgan fingerprint density at radius 1 is 1.33 bits per heavy atom. The Hall–Kier alpha value is -1.42. The summed E-state index contributed by atoms with van der Waals surface area (Å²) in [6, 6.07) is 5.84. The monoisotopic (exact) mass is 263 g/mol. The summed E-state index contributed by atoms with van der Waals surface area (Å²) in [5, 5.41) is 3.19. The van der Waals surface area contributed by atoms with Crippen molar-refractivity contribution in [2.45, 2.75) is 6.92 Å². The highest BCUT2D eigenvalue weighted by Gasteiger charge is 2.00. The fourth-order valence-electron chi connectivity index (χ4n) is 1.24. The second kappa shape index (κ2) is 4.40. The van der Waals surface area contributed by atoms with E-state index in [1.54, 1.807) is 12.4 Å². The Morgan fingerprint density at radius 2 is 2.20 bits per heavy atom. The molecule has 76 valence electrons. The maximum absolute atomic E-state index is 4.22. The SMILES string of the molecule is Cc1cncc(Nc2ncccc2Br)c1. The van der Waals surface area contributed by atoms with Crippen LogP contribution in [-0.2, 0) is 0 Å². The lowest BCUT2D eigenvalue weighted by atomic mass is 10.3. The Kier molecular flexibility index (Phi) is 2.97. The van der Waals surface area contributed by atoms with Crippen LogP contribution in [0.3, 0.4) is 0 Å². The van der Waals surface area contributed by atoms with Crippen LogP contribution >= 0.6 is 15.9 Å². The average Bonchev–Trinajstić information content (AvgIpc) is 2.22. The molecular formula is C11H10BrN3. The summed E-state index contributed by atoms with van der Waals surface area (Å²) in [6.07, 6.45) is 5.34. The molecule has 2 aromatic heterocycles. The van der Waals surface area contributed by atoms with E-state index in [1.807, 2.05) is 31.3 Å². The van der Waals surface area contributed by atoms with Gasteiger partial charge >= 0.3 is 0 Å². The van der Waals surface area contributed by atoms with E-state index in [9.17, 15) is 0 Å². The van der Waals surface area contributed by atoms with Crippen molar-refractivity contribution in [2.24, 2.45) is 0 Å². The van der Waals surface area contributed by atoms with E-state index in [0.29, 0.717) is 0 Å². The minimum atomic E-state index is 0.796. The molecule has 0 bridgehead atoms. The first kappa shape index (κ1) is 10.1. The van der Waals surface area contributed by atoms with Crippen molar-refractivity contribution in [1.82, 2.24) is 9.97 Å². The predicted molar refractivity (Wildman–Crippen MR) is 64.2 cm³/mol. The van der Waals surface area contributed by atoms with Gasteiger partial charge in [0.25, 0.3) is 0 Å². The number of rotatable bonds is 2. The molecule has 2 heterocycles. The van der Waals surface area contributed by atoms with Crippen LogP contribution in [0.25, 0.3) is 0 Å². The number of hydrogen-bond donors (Lipinski definition) is 1. The molecule has 0 saturated carbocycles. The number of pyridine rings is 2. The third-order valence-corrected chi connectivity index (χ3v) is 2.54. The number of halogens is 1. The largest absolute Gasteiger partial charge is 0.338 e. The summed E-state index contributed by atoms with van der Waals surface area (Å²) in [7, 11) is 0. The van der Waals surface area contributed by atoms with Crippen LogP contribution in [0.2, 0.25) is 0 Å². The van der Waals surface area contributed by atoms with Gasteiger partial charge in [-0.15, -0.1) is 0 Å². The highest BCUT2D eigenvalue weighted by atomic mass is 79.9. The van der Waals surface area contributed by atoms with Crippen molar-refractivity contribution in [3.63, 3.8) is 0 Å². The predicted octanol–water partition coefficient (Wildman–Crippen LogP) is 3.29. The quantitative estimate of drug-likeness (QED) is 0.904. The van der Waals surface area contributed by atoms with Gasteiger partial charge in [-0.05, 0) is 46.6 Å². The van der Waals surface area contributed by atoms with Crippen LogP contribution in [0, 0.1) is 6.92 Å². The fraction of sp³-hybridized carbons (Fsp3) is 0.0909. The van der Waals surface area contributed by atoms with E-state index in [0.717, 1.165) is 21.5 Å². The zero-order chi connectivity index (χ0) is 10.7. The van der Waals surface area contributed by atoms with Gasteiger partial charge in [0.05, 0.1) is 16.4 Å². The normalized spacial score (nSPS) is 10.0. The van der Waals surface area contributed by atoms with Crippen LogP contribution in [0.15, 0.2) is 41.3 Å². The van der Waals surface area contributed by atoms with E-state index >= 15 is 0 Å². The van der Waals surface area contributed by atoms with Crippen molar-refractivity contribution < 1.29 is 0 Å². The molecule has 0 aromatic carbocycles. The zero-order valence-electron chi connectivity index (χ0n) is 8.24. The lowest BCUT2D eigenvalue weighted by Crippen LogP contribution is -1.95. The standard InChI is InChI=1S/C11H10BrN3/c1-8-5-9(7-13-6-8)15-11-10(12)3-2-4-14-11/h2-7H,1H3,(H,14,15). The molecule has 4 heteroatoms. The van der Waals surface area contributed by atoms with Gasteiger partial charge in [-0.1, -0.05) is 0 Å². The number of hydrogen-bond acceptors (Lipinski definition) is 3. The molecule has 0 spiro atoms. The first-order valence-corrected chi connectivity index (χ1v) is 5.34. The Labute approximate surface area is 96.7 Å². The number of nitrogens with one attached hydrogen (secondary N) is 1. The lowest BCUT2D eigenvalue weighted by Gasteiger charge is -2.06. The van der Waals surface area contributed by atoms with Crippen LogP contribution in [0.5, 0.6) is 0 Å². The van der Waals surface area contributed by atoms with Crippen LogP contribution < -0.4 is 5.32 Å². The Morgan fingerprint density at radius 3 is 2.93 bits per heavy atom. The lowest BCUT2D eigenvalue weighted by molar-refractivity contribution is 1.24. The van der Waals surface area contributed by atoms with Gasteiger partial charge in [0, 0.05) is 12.4 Å². The number of anilines is 2. The van der Waals surface area contributed by atoms with Gasteiger partial charge in [0.15, 0.2) is 0 Å². The molecule has 0 saturated heterocycles. The fourth-order valence-corrected chi connectivity index (χ4v) is 1.59. The molecule has 2 rings (SSSR count). The van der Waals surface area contributed by atoms with Gasteiger partial charge in [0.2, 0.25) is 0 Å². The molecule has 2 aromatic rings. The van der Waals surface area contributed by atoms with E-state index in [4.69, 9.17) is 0 Å². The first-order chi connectivity index (χ1) is 7.25. The molecular weight excluding hydrogens is 254 g/mol. The van der Waals surface area contributed by atoms with Crippen LogP contribution in [0.1, 0.15) is 5.56 Å². The highest BCUT2D eigenvalue weighted by Crippen LogP contribution is 2.22. The third-order valence-electron chi connectivity index (χ3n) is 1.90. The second-order valence-electron chi connectivity index (χ2n) is 3.21. The molecule has 0 aliphatic rings. The van der Waals surface area contributed by atoms with Gasteiger partial charge in [-0.3, -0.25) is 4.98 Å². The van der Waals surface area contributed by atoms with Crippen molar-refractivity contribution in [3.05, 3.63) is 46.8 Å². The zero-order valence-corrected chi connectivity index (χ0v) is 9.82. The minimum Gasteiger partial charge on any atom is -0.338 e. The summed E-state index contributed by atoms with van der Waals surface area (Å²) >= 11 is 3.43. The van der Waals surface area contributed by atoms with Crippen LogP contribution in [-0.4, -0.2) is 9.97 Å². The molecule has 0 amide bonds. The molecule has 0 radical (unpaired) electrons. The van der Waals surface area contributed by atoms with Crippen LogP contribution in [0.4, 0.5) is 11.5 Å². The molecule has 0 unspecified atom stereocenters. The van der Waals surface area contributed by atoms with E-state index < -0.39 is 0 Å². The van der Waals surface area contributed by atoms with Crippen molar-refractivity contribution in [1.29, 1.82) is 0 Å². The molecule has 15 heavy (non-hydrogen) atoms. The van der Waals surface area contributed by atoms with Crippen molar-refractivity contribution in [3.8, 4) is 0 Å². The molecule has 3 nitrogen and oxygen atoms in total. The number of nitrogens with zero attached hydrogens (tertiary/aromatic N) is 2. The summed E-state index contributed by atoms with van der Waals surface area (Å²) in [6.45, 7) is 2.01. The third kappa shape index (κ3) is 2.53. The number of aryl methyl sites for hydroxylation is 1. The van der Waals surface area contributed by atoms with Crippen molar-refractivity contribution >= 4 is 27.4 Å². The molecule has 0 aliphatic heterocycles. The van der Waals surface area contributed by atoms with Gasteiger partial charge in [-0.25, -0.2) is 4.98 Å². The van der Waals surface area contributed by atoms with Gasteiger partial charge in [0.1, 0.15) is 5.82 Å². The summed E-state index contributed by atoms with van der Waals surface area (Å²) in [4.78, 5) is 8.32. The van der Waals surface area contributed by atoms with Crippen molar-refractivity contribution in [2.75, 3.05) is 5.32 Å². The van der Waals surface area contributed by atoms with E-state index in [-0.39, 0.29) is 0 Å². The minimum absolute atomic E-state index is 0.796. The van der Waals surface area contributed by atoms with E-state index in [1.165, 1.54) is 0 Å². The Bertz CT molecular complexity index is 471. The molecule has 1 N–H and O–H groups in total. The second-order valence-corrected chi connectivity index (χ2v) is 4.06. The van der Waals surface area contributed by atoms with Gasteiger partial charge in [-0.2, -0.15) is 0 Å². The maximum Gasteiger partial charge on any atom is 0.144 e. The summed E-state index contributed by atoms with van der Waals surface area (Å²) in [5.74, 6) is 0.796. The molecule has 0 atom stereocenters. The summed E-state index contributed by atoms with van der Waals surface area (Å²) in [5.41, 5.74) is 2.06. The van der Waals surface area contributed by atoms with E-state index in [2.05, 4.69) is 31.2 Å². The average molecular weight is 264 g/mol. The first-order valence-electron chi connectivity index (χ1n) is 4.55. The highest BCUT2D eigenvalue weighted by molar-refractivity contribution is 9.10. The summed E-state index contributed by atoms with van der Waals surface area (Å²) < 4.78 is 0.937. The molecule has 0 fully saturated rings.